The summed E-state index contributed by atoms with van der Waals surface area (Å²) in [5, 5.41) is 2.09. The van der Waals surface area contributed by atoms with Crippen LogP contribution in [0.5, 0.6) is 0 Å². The first-order valence-corrected chi connectivity index (χ1v) is 6.90. The third-order valence-corrected chi connectivity index (χ3v) is 3.65. The molecule has 0 aliphatic heterocycles. The van der Waals surface area contributed by atoms with Crippen LogP contribution in [-0.2, 0) is 5.41 Å². The minimum atomic E-state index is -0.0763. The zero-order valence-corrected chi connectivity index (χ0v) is 12.6. The second-order valence-electron chi connectivity index (χ2n) is 5.37. The maximum atomic E-state index is 5.81. The van der Waals surface area contributed by atoms with Gasteiger partial charge in [0, 0.05) is 10.8 Å². The Hall–Kier alpha value is -1.17. The molecule has 4 heteroatoms. The van der Waals surface area contributed by atoms with Crippen LogP contribution in [0.2, 0.25) is 0 Å². The lowest BCUT2D eigenvalue weighted by Gasteiger charge is -2.16. The second-order valence-corrected chi connectivity index (χ2v) is 6.39. The van der Waals surface area contributed by atoms with Gasteiger partial charge in [0.05, 0.1) is 5.39 Å². The highest BCUT2D eigenvalue weighted by atomic mass is 127. The van der Waals surface area contributed by atoms with Gasteiger partial charge >= 0.3 is 0 Å². The molecule has 92 valence electrons. The van der Waals surface area contributed by atoms with Crippen LogP contribution >= 0.6 is 22.6 Å². The van der Waals surface area contributed by atoms with Crippen molar-refractivity contribution in [1.82, 2.24) is 9.97 Å². The topological polar surface area (TPSA) is 38.9 Å². The number of rotatable bonds is 0. The van der Waals surface area contributed by atoms with E-state index < -0.39 is 0 Å². The molecular weight excluding hydrogens is 339 g/mol. The Kier molecular flexibility index (Phi) is 2.59. The van der Waals surface area contributed by atoms with Crippen LogP contribution in [0.25, 0.3) is 22.1 Å². The molecular formula is C14H13IN2O. The van der Waals surface area contributed by atoms with Gasteiger partial charge in [-0.05, 0) is 28.7 Å². The van der Waals surface area contributed by atoms with Crippen LogP contribution in [0.15, 0.2) is 28.7 Å². The fraction of sp³-hybridized carbons (Fsp3) is 0.286. The zero-order chi connectivity index (χ0) is 12.9. The van der Waals surface area contributed by atoms with Crippen LogP contribution in [0.3, 0.4) is 0 Å². The first kappa shape index (κ1) is 11.9. The number of para-hydroxylation sites is 1. The van der Waals surface area contributed by atoms with Crippen LogP contribution in [0.4, 0.5) is 0 Å². The van der Waals surface area contributed by atoms with Gasteiger partial charge in [0.1, 0.15) is 15.1 Å². The van der Waals surface area contributed by atoms with Gasteiger partial charge in [-0.15, -0.1) is 0 Å². The van der Waals surface area contributed by atoms with Gasteiger partial charge in [0.2, 0.25) is 5.71 Å². The molecule has 0 fully saturated rings. The molecule has 0 saturated heterocycles. The summed E-state index contributed by atoms with van der Waals surface area (Å²) >= 11 is 2.26. The molecule has 18 heavy (non-hydrogen) atoms. The van der Waals surface area contributed by atoms with Gasteiger partial charge in [0.15, 0.2) is 0 Å². The third-order valence-electron chi connectivity index (χ3n) is 2.87. The van der Waals surface area contributed by atoms with Crippen molar-refractivity contribution in [2.24, 2.45) is 0 Å². The fourth-order valence-electron chi connectivity index (χ4n) is 1.92. The fourth-order valence-corrected chi connectivity index (χ4v) is 2.67. The Labute approximate surface area is 119 Å². The van der Waals surface area contributed by atoms with Gasteiger partial charge in [-0.3, -0.25) is 0 Å². The second kappa shape index (κ2) is 3.91. The summed E-state index contributed by atoms with van der Waals surface area (Å²) < 4.78 is 6.76. The number of benzene rings is 1. The van der Waals surface area contributed by atoms with E-state index in [4.69, 9.17) is 4.42 Å². The number of hydrogen-bond acceptors (Lipinski definition) is 3. The third kappa shape index (κ3) is 1.79. The van der Waals surface area contributed by atoms with E-state index in [1.54, 1.807) is 0 Å². The van der Waals surface area contributed by atoms with Gasteiger partial charge < -0.3 is 4.42 Å². The maximum Gasteiger partial charge on any atom is 0.231 e. The predicted molar refractivity (Wildman–Crippen MR) is 80.7 cm³/mol. The Bertz CT molecular complexity index is 740. The van der Waals surface area contributed by atoms with E-state index >= 15 is 0 Å². The summed E-state index contributed by atoms with van der Waals surface area (Å²) in [6, 6.07) is 7.98. The molecule has 2 heterocycles. The molecule has 0 N–H and O–H groups in total. The van der Waals surface area contributed by atoms with Crippen LogP contribution in [0.1, 0.15) is 26.6 Å². The number of halogens is 1. The number of fused-ring (bicyclic) bond motifs is 3. The molecule has 0 amide bonds. The van der Waals surface area contributed by atoms with Crippen molar-refractivity contribution in [3.05, 3.63) is 33.8 Å². The van der Waals surface area contributed by atoms with E-state index in [0.29, 0.717) is 5.71 Å². The van der Waals surface area contributed by atoms with E-state index in [1.807, 2.05) is 24.3 Å². The van der Waals surface area contributed by atoms with E-state index in [-0.39, 0.29) is 5.41 Å². The number of aromatic nitrogens is 2. The van der Waals surface area contributed by atoms with Crippen molar-refractivity contribution in [3.8, 4) is 0 Å². The number of furan rings is 1. The summed E-state index contributed by atoms with van der Waals surface area (Å²) in [6.07, 6.45) is 0. The van der Waals surface area contributed by atoms with Gasteiger partial charge in [-0.25, -0.2) is 4.98 Å². The van der Waals surface area contributed by atoms with E-state index in [1.165, 1.54) is 0 Å². The molecule has 1 aromatic carbocycles. The lowest BCUT2D eigenvalue weighted by Crippen LogP contribution is -2.16. The van der Waals surface area contributed by atoms with Crippen molar-refractivity contribution < 1.29 is 4.42 Å². The van der Waals surface area contributed by atoms with Crippen molar-refractivity contribution in [2.75, 3.05) is 0 Å². The van der Waals surface area contributed by atoms with Gasteiger partial charge in [0.25, 0.3) is 0 Å². The number of nitrogens with zero attached hydrogens (tertiary/aromatic N) is 2. The van der Waals surface area contributed by atoms with Gasteiger partial charge in [-0.1, -0.05) is 39.0 Å². The largest absolute Gasteiger partial charge is 0.438 e. The summed E-state index contributed by atoms with van der Waals surface area (Å²) in [6.45, 7) is 6.31. The molecule has 3 aromatic rings. The molecule has 0 bridgehead atoms. The molecule has 0 saturated carbocycles. The van der Waals surface area contributed by atoms with Crippen molar-refractivity contribution in [3.63, 3.8) is 0 Å². The Morgan fingerprint density at radius 2 is 1.83 bits per heavy atom. The molecule has 0 aliphatic rings. The quantitative estimate of drug-likeness (QED) is 0.448. The Morgan fingerprint density at radius 3 is 2.56 bits per heavy atom. The first-order valence-electron chi connectivity index (χ1n) is 5.82. The van der Waals surface area contributed by atoms with E-state index in [9.17, 15) is 0 Å². The Balaban J connectivity index is 2.42. The summed E-state index contributed by atoms with van der Waals surface area (Å²) in [5.74, 6) is 0.818. The molecule has 0 spiro atoms. The Morgan fingerprint density at radius 1 is 1.11 bits per heavy atom. The molecule has 0 unspecified atom stereocenters. The molecule has 3 nitrogen and oxygen atoms in total. The summed E-state index contributed by atoms with van der Waals surface area (Å²) in [5.41, 5.74) is 1.47. The van der Waals surface area contributed by atoms with Crippen molar-refractivity contribution >= 4 is 44.7 Å². The van der Waals surface area contributed by atoms with E-state index in [2.05, 4.69) is 53.3 Å². The molecule has 0 atom stereocenters. The average molecular weight is 352 g/mol. The van der Waals surface area contributed by atoms with E-state index in [0.717, 1.165) is 25.9 Å². The molecule has 0 aliphatic carbocycles. The predicted octanol–water partition coefficient (Wildman–Crippen LogP) is 4.28. The smallest absolute Gasteiger partial charge is 0.231 e. The average Bonchev–Trinajstić information content (AvgIpc) is 2.66. The van der Waals surface area contributed by atoms with Crippen LogP contribution in [0, 0.1) is 3.70 Å². The lowest BCUT2D eigenvalue weighted by atomic mass is 9.96. The minimum absolute atomic E-state index is 0.0763. The zero-order valence-electron chi connectivity index (χ0n) is 10.5. The highest BCUT2D eigenvalue weighted by molar-refractivity contribution is 14.1. The summed E-state index contributed by atoms with van der Waals surface area (Å²) in [7, 11) is 0. The highest BCUT2D eigenvalue weighted by Crippen LogP contribution is 2.31. The molecule has 0 radical (unpaired) electrons. The normalized spacial score (nSPS) is 12.4. The van der Waals surface area contributed by atoms with Crippen LogP contribution < -0.4 is 0 Å². The molecule has 3 rings (SSSR count). The lowest BCUT2D eigenvalue weighted by molar-refractivity contribution is 0.538. The highest BCUT2D eigenvalue weighted by Gasteiger charge is 2.21. The van der Waals surface area contributed by atoms with Crippen molar-refractivity contribution in [2.45, 2.75) is 26.2 Å². The maximum absolute atomic E-state index is 5.81. The SMILES string of the molecule is CC(C)(C)c1nc(I)c2c(n1)oc1ccccc12. The van der Waals surface area contributed by atoms with Crippen LogP contribution in [-0.4, -0.2) is 9.97 Å². The summed E-state index contributed by atoms with van der Waals surface area (Å²) in [4.78, 5) is 9.17. The first-order chi connectivity index (χ1) is 8.47. The standard InChI is InChI=1S/C14H13IN2O/c1-14(2,3)13-16-11(15)10-8-6-4-5-7-9(8)18-12(10)17-13/h4-7H,1-3H3. The molecule has 2 aromatic heterocycles. The van der Waals surface area contributed by atoms with Crippen molar-refractivity contribution in [1.29, 1.82) is 0 Å². The number of hydrogen-bond donors (Lipinski definition) is 0. The van der Waals surface area contributed by atoms with Gasteiger partial charge in [-0.2, -0.15) is 4.98 Å². The monoisotopic (exact) mass is 352 g/mol. The minimum Gasteiger partial charge on any atom is -0.438 e.